The number of allylic oxidation sites excluding steroid dienone is 2. The summed E-state index contributed by atoms with van der Waals surface area (Å²) in [6.45, 7) is 6.24. The number of hydrogen-bond donors (Lipinski definition) is 0. The van der Waals surface area contributed by atoms with E-state index in [2.05, 4.69) is 13.8 Å². The first-order valence-electron chi connectivity index (χ1n) is 10.0. The number of esters is 1. The van der Waals surface area contributed by atoms with Crippen LogP contribution in [0.3, 0.4) is 0 Å². The second kappa shape index (κ2) is 5.66. The number of fused-ring (bicyclic) bond motifs is 4. The highest BCUT2D eigenvalue weighted by Gasteiger charge is 2.74. The van der Waals surface area contributed by atoms with E-state index in [9.17, 15) is 14.4 Å². The van der Waals surface area contributed by atoms with Crippen molar-refractivity contribution in [2.75, 3.05) is 13.9 Å². The highest BCUT2D eigenvalue weighted by atomic mass is 16.7. The molecule has 0 radical (unpaired) electrons. The molecule has 0 aromatic rings. The monoisotopic (exact) mass is 390 g/mol. The van der Waals surface area contributed by atoms with E-state index in [-0.39, 0.29) is 60.0 Å². The maximum absolute atomic E-state index is 13.6. The molecular weight excluding hydrogens is 364 g/mol. The third kappa shape index (κ3) is 1.94. The summed E-state index contributed by atoms with van der Waals surface area (Å²) in [5.74, 6) is -1.21. The number of carbonyl (C=O) groups excluding carboxylic acids is 3. The number of ketones is 2. The minimum atomic E-state index is -0.985. The molecule has 2 saturated heterocycles. The van der Waals surface area contributed by atoms with Gasteiger partial charge < -0.3 is 18.9 Å². The molecule has 7 heteroatoms. The lowest BCUT2D eigenvalue weighted by atomic mass is 9.39. The molecule has 3 aliphatic carbocycles. The van der Waals surface area contributed by atoms with Gasteiger partial charge in [-0.15, -0.1) is 0 Å². The molecule has 9 atom stereocenters. The summed E-state index contributed by atoms with van der Waals surface area (Å²) in [6.07, 6.45) is 1.01. The van der Waals surface area contributed by atoms with Crippen LogP contribution in [0.4, 0.5) is 0 Å². The van der Waals surface area contributed by atoms with Gasteiger partial charge in [0.1, 0.15) is 12.9 Å². The normalized spacial score (nSPS) is 52.2. The van der Waals surface area contributed by atoms with Gasteiger partial charge in [0.05, 0.1) is 24.7 Å². The number of carbonyl (C=O) groups is 3. The predicted molar refractivity (Wildman–Crippen MR) is 94.7 cm³/mol. The van der Waals surface area contributed by atoms with E-state index in [1.54, 1.807) is 0 Å². The molecule has 2 saturated carbocycles. The molecular formula is C21H26O7. The topological polar surface area (TPSA) is 88.1 Å². The van der Waals surface area contributed by atoms with Crippen LogP contribution in [-0.2, 0) is 33.3 Å². The molecule has 5 aliphatic rings. The molecule has 2 heterocycles. The van der Waals surface area contributed by atoms with Crippen molar-refractivity contribution in [1.82, 2.24) is 0 Å². The molecule has 5 rings (SSSR count). The average Bonchev–Trinajstić information content (AvgIpc) is 3.12. The van der Waals surface area contributed by atoms with Crippen molar-refractivity contribution in [2.45, 2.75) is 51.9 Å². The van der Waals surface area contributed by atoms with Crippen molar-refractivity contribution in [2.24, 2.45) is 34.5 Å². The maximum Gasteiger partial charge on any atom is 0.306 e. The SMILES string of the molecule is COC1=CC(=O)[C@@H]2C[C@H]3OC(=O)C[C@H]4[C@@H](C)[C@@H]5OCO[C@H]5[C@H]([C@@]2(C)C1=O)[C@@]34C. The Morgan fingerprint density at radius 3 is 2.57 bits per heavy atom. The van der Waals surface area contributed by atoms with Gasteiger partial charge in [0, 0.05) is 29.7 Å². The molecule has 2 aliphatic heterocycles. The van der Waals surface area contributed by atoms with Gasteiger partial charge in [-0.2, -0.15) is 0 Å². The number of ether oxygens (including phenoxy) is 4. The van der Waals surface area contributed by atoms with Gasteiger partial charge in [0.2, 0.25) is 5.78 Å². The van der Waals surface area contributed by atoms with Gasteiger partial charge in [0.25, 0.3) is 0 Å². The molecule has 152 valence electrons. The predicted octanol–water partition coefficient (Wildman–Crippen LogP) is 1.64. The van der Waals surface area contributed by atoms with Gasteiger partial charge in [0.15, 0.2) is 11.5 Å². The molecule has 0 aromatic carbocycles. The highest BCUT2D eigenvalue weighted by Crippen LogP contribution is 2.68. The summed E-state index contributed by atoms with van der Waals surface area (Å²) >= 11 is 0. The summed E-state index contributed by atoms with van der Waals surface area (Å²) in [4.78, 5) is 39.0. The van der Waals surface area contributed by atoms with Crippen LogP contribution in [0.2, 0.25) is 0 Å². The zero-order chi connectivity index (χ0) is 20.0. The lowest BCUT2D eigenvalue weighted by molar-refractivity contribution is -0.256. The summed E-state index contributed by atoms with van der Waals surface area (Å²) in [7, 11) is 1.42. The quantitative estimate of drug-likeness (QED) is 0.629. The van der Waals surface area contributed by atoms with Crippen LogP contribution in [0.5, 0.6) is 0 Å². The van der Waals surface area contributed by atoms with Crippen molar-refractivity contribution in [3.63, 3.8) is 0 Å². The fraction of sp³-hybridized carbons (Fsp3) is 0.762. The number of Topliss-reactive ketones (excluding diaryl/α,β-unsaturated/α-hetero) is 1. The number of methoxy groups -OCH3 is 1. The second-order valence-corrected chi connectivity index (χ2v) is 9.39. The second-order valence-electron chi connectivity index (χ2n) is 9.39. The lowest BCUT2D eigenvalue weighted by Crippen LogP contribution is -2.73. The summed E-state index contributed by atoms with van der Waals surface area (Å²) in [5, 5.41) is 0. The van der Waals surface area contributed by atoms with Crippen LogP contribution in [-0.4, -0.2) is 49.8 Å². The Bertz CT molecular complexity index is 803. The van der Waals surface area contributed by atoms with Crippen molar-refractivity contribution < 1.29 is 33.3 Å². The number of rotatable bonds is 1. The first-order valence-corrected chi connectivity index (χ1v) is 10.0. The van der Waals surface area contributed by atoms with E-state index in [0.717, 1.165) is 0 Å². The minimum Gasteiger partial charge on any atom is -0.493 e. The van der Waals surface area contributed by atoms with Crippen molar-refractivity contribution in [3.05, 3.63) is 11.8 Å². The zero-order valence-corrected chi connectivity index (χ0v) is 16.6. The van der Waals surface area contributed by atoms with Gasteiger partial charge >= 0.3 is 5.97 Å². The van der Waals surface area contributed by atoms with Crippen LogP contribution in [0, 0.1) is 34.5 Å². The standard InChI is InChI=1S/C21H26O7/c1-9-10-6-15(23)28-14-5-11-12(22)7-13(25-4)19(24)21(11,3)18(20(10,14)2)17-16(9)26-8-27-17/h7,9-11,14,16-18H,5-6,8H2,1-4H3/t9-,10+,11+,14-,16+,17-,18+,20-,21+/m1/s1. The average molecular weight is 390 g/mol. The lowest BCUT2D eigenvalue weighted by Gasteiger charge is -2.66. The molecule has 0 amide bonds. The molecule has 0 aromatic heterocycles. The van der Waals surface area contributed by atoms with Gasteiger partial charge in [-0.1, -0.05) is 20.8 Å². The molecule has 28 heavy (non-hydrogen) atoms. The van der Waals surface area contributed by atoms with Gasteiger partial charge in [-0.25, -0.2) is 0 Å². The van der Waals surface area contributed by atoms with Crippen molar-refractivity contribution in [3.8, 4) is 0 Å². The molecule has 7 nitrogen and oxygen atoms in total. The van der Waals surface area contributed by atoms with Crippen LogP contribution in [0.1, 0.15) is 33.6 Å². The third-order valence-electron chi connectivity index (χ3n) is 8.52. The summed E-state index contributed by atoms with van der Waals surface area (Å²) < 4.78 is 23.0. The Morgan fingerprint density at radius 2 is 1.86 bits per heavy atom. The Hall–Kier alpha value is -1.73. The van der Waals surface area contributed by atoms with E-state index in [1.807, 2.05) is 6.92 Å². The van der Waals surface area contributed by atoms with Crippen molar-refractivity contribution >= 4 is 17.5 Å². The zero-order valence-electron chi connectivity index (χ0n) is 16.6. The molecule has 4 fully saturated rings. The first-order chi connectivity index (χ1) is 13.2. The van der Waals surface area contributed by atoms with E-state index >= 15 is 0 Å². The smallest absolute Gasteiger partial charge is 0.306 e. The van der Waals surface area contributed by atoms with Crippen LogP contribution in [0.25, 0.3) is 0 Å². The summed E-state index contributed by atoms with van der Waals surface area (Å²) in [6, 6.07) is 0. The highest BCUT2D eigenvalue weighted by molar-refractivity contribution is 6.12. The van der Waals surface area contributed by atoms with E-state index < -0.39 is 22.9 Å². The Balaban J connectivity index is 1.73. The van der Waals surface area contributed by atoms with E-state index in [1.165, 1.54) is 13.2 Å². The molecule has 0 N–H and O–H groups in total. The van der Waals surface area contributed by atoms with Crippen LogP contribution < -0.4 is 0 Å². The van der Waals surface area contributed by atoms with E-state index in [4.69, 9.17) is 18.9 Å². The fourth-order valence-corrected chi connectivity index (χ4v) is 7.25. The molecule has 0 bridgehead atoms. The largest absolute Gasteiger partial charge is 0.493 e. The molecule has 0 unspecified atom stereocenters. The fourth-order valence-electron chi connectivity index (χ4n) is 7.25. The van der Waals surface area contributed by atoms with Gasteiger partial charge in [-0.05, 0) is 18.3 Å². The third-order valence-corrected chi connectivity index (χ3v) is 8.52. The minimum absolute atomic E-state index is 0.00396. The van der Waals surface area contributed by atoms with Gasteiger partial charge in [-0.3, -0.25) is 14.4 Å². The Kier molecular flexibility index (Phi) is 3.70. The number of hydrogen-bond acceptors (Lipinski definition) is 7. The van der Waals surface area contributed by atoms with E-state index in [0.29, 0.717) is 12.8 Å². The summed E-state index contributed by atoms with van der Waals surface area (Å²) in [5.41, 5.74) is -1.46. The Labute approximate surface area is 163 Å². The Morgan fingerprint density at radius 1 is 1.14 bits per heavy atom. The van der Waals surface area contributed by atoms with Crippen LogP contribution >= 0.6 is 0 Å². The van der Waals surface area contributed by atoms with Crippen LogP contribution in [0.15, 0.2) is 11.8 Å². The van der Waals surface area contributed by atoms with Crippen molar-refractivity contribution in [1.29, 1.82) is 0 Å². The maximum atomic E-state index is 13.6. The molecule has 0 spiro atoms. The first kappa shape index (κ1) is 18.3.